The Morgan fingerprint density at radius 1 is 1.26 bits per heavy atom. The lowest BCUT2D eigenvalue weighted by atomic mass is 9.48. The number of β-amino-alcohol motifs (C(OH)–C–C–N with tert-alkyl or cyclic N) is 1. The van der Waals surface area contributed by atoms with Crippen LogP contribution < -0.4 is 0 Å². The molecule has 4 unspecified atom stereocenters. The van der Waals surface area contributed by atoms with E-state index in [0.717, 1.165) is 37.8 Å². The lowest BCUT2D eigenvalue weighted by Gasteiger charge is -2.62. The summed E-state index contributed by atoms with van der Waals surface area (Å²) in [6, 6.07) is 0. The number of carbonyl (C=O) groups is 1. The highest BCUT2D eigenvalue weighted by Gasteiger charge is 2.80. The highest BCUT2D eigenvalue weighted by Crippen LogP contribution is 2.74. The second kappa shape index (κ2) is 3.09. The second-order valence-corrected chi connectivity index (χ2v) is 8.13. The zero-order valence-electron chi connectivity index (χ0n) is 11.6. The van der Waals surface area contributed by atoms with Crippen molar-refractivity contribution in [3.05, 3.63) is 0 Å². The van der Waals surface area contributed by atoms with E-state index < -0.39 is 0 Å². The number of ketones is 1. The number of aliphatic hydroxyl groups excluding tert-OH is 1. The molecule has 0 radical (unpaired) electrons. The molecule has 8 atom stereocenters. The Kier molecular flexibility index (Phi) is 1.83. The van der Waals surface area contributed by atoms with Crippen molar-refractivity contribution in [2.75, 3.05) is 13.1 Å². The van der Waals surface area contributed by atoms with Crippen molar-refractivity contribution in [1.82, 2.24) is 4.90 Å². The molecule has 2 aliphatic heterocycles. The van der Waals surface area contributed by atoms with Crippen molar-refractivity contribution < 1.29 is 9.90 Å². The van der Waals surface area contributed by atoms with Crippen LogP contribution in [0.3, 0.4) is 0 Å². The minimum absolute atomic E-state index is 0.152. The Morgan fingerprint density at radius 2 is 2.11 bits per heavy atom. The molecule has 0 aromatic carbocycles. The molecule has 5 rings (SSSR count). The Balaban J connectivity index is 1.76. The van der Waals surface area contributed by atoms with Gasteiger partial charge in [0.15, 0.2) is 0 Å². The summed E-state index contributed by atoms with van der Waals surface area (Å²) < 4.78 is 0. The predicted molar refractivity (Wildman–Crippen MR) is 70.5 cm³/mol. The fourth-order valence-corrected chi connectivity index (χ4v) is 7.40. The summed E-state index contributed by atoms with van der Waals surface area (Å²) in [7, 11) is 0. The maximum Gasteiger partial charge on any atom is 0.141 e. The van der Waals surface area contributed by atoms with Gasteiger partial charge in [-0.1, -0.05) is 6.92 Å². The summed E-state index contributed by atoms with van der Waals surface area (Å²) in [5.74, 6) is 3.23. The van der Waals surface area contributed by atoms with Crippen LogP contribution in [-0.4, -0.2) is 40.5 Å². The number of aliphatic hydroxyl groups is 1. The summed E-state index contributed by atoms with van der Waals surface area (Å²) in [5, 5.41) is 10.2. The fourth-order valence-electron chi connectivity index (χ4n) is 7.40. The first-order valence-electron chi connectivity index (χ1n) is 8.04. The molecule has 0 aromatic heterocycles. The average Bonchev–Trinajstić information content (AvgIpc) is 2.62. The Hall–Kier alpha value is -0.410. The van der Waals surface area contributed by atoms with E-state index in [9.17, 15) is 9.90 Å². The van der Waals surface area contributed by atoms with Crippen molar-refractivity contribution in [2.45, 2.75) is 50.7 Å². The SMILES string of the molecule is C[C@@H]1CC2CC(=O)[C@]34C[C@@H](O)CN5CC3CC2[C@@]54C1. The third-order valence-electron chi connectivity index (χ3n) is 7.49. The molecule has 104 valence electrons. The van der Waals surface area contributed by atoms with Gasteiger partial charge >= 0.3 is 0 Å². The Morgan fingerprint density at radius 3 is 2.95 bits per heavy atom. The van der Waals surface area contributed by atoms with Crippen LogP contribution in [0.2, 0.25) is 0 Å². The molecule has 0 amide bonds. The van der Waals surface area contributed by atoms with Crippen LogP contribution in [0, 0.1) is 29.1 Å². The van der Waals surface area contributed by atoms with E-state index >= 15 is 0 Å². The van der Waals surface area contributed by atoms with Gasteiger partial charge in [-0.3, -0.25) is 9.69 Å². The molecule has 3 heteroatoms. The van der Waals surface area contributed by atoms with Crippen LogP contribution >= 0.6 is 0 Å². The van der Waals surface area contributed by atoms with E-state index in [1.807, 2.05) is 0 Å². The van der Waals surface area contributed by atoms with Gasteiger partial charge in [-0.05, 0) is 49.4 Å². The molecule has 2 saturated heterocycles. The van der Waals surface area contributed by atoms with Gasteiger partial charge in [0.2, 0.25) is 0 Å². The first kappa shape index (κ1) is 11.3. The van der Waals surface area contributed by atoms with Gasteiger partial charge in [0.1, 0.15) is 5.78 Å². The zero-order valence-corrected chi connectivity index (χ0v) is 11.6. The van der Waals surface area contributed by atoms with E-state index in [1.165, 1.54) is 19.3 Å². The molecular weight excluding hydrogens is 238 g/mol. The molecule has 6 bridgehead atoms. The largest absolute Gasteiger partial charge is 0.392 e. The number of carbonyl (C=O) groups excluding carboxylic acids is 1. The zero-order chi connectivity index (χ0) is 13.0. The lowest BCUT2D eigenvalue weighted by molar-refractivity contribution is -0.170. The second-order valence-electron chi connectivity index (χ2n) is 8.13. The number of rotatable bonds is 0. The van der Waals surface area contributed by atoms with Crippen LogP contribution in [0.15, 0.2) is 0 Å². The quantitative estimate of drug-likeness (QED) is 0.717. The monoisotopic (exact) mass is 261 g/mol. The summed E-state index contributed by atoms with van der Waals surface area (Å²) in [4.78, 5) is 15.5. The van der Waals surface area contributed by atoms with Gasteiger partial charge in [-0.2, -0.15) is 0 Å². The van der Waals surface area contributed by atoms with Gasteiger partial charge in [0, 0.05) is 25.0 Å². The van der Waals surface area contributed by atoms with Crippen LogP contribution in [0.4, 0.5) is 0 Å². The number of hydrogen-bond donors (Lipinski definition) is 1. The van der Waals surface area contributed by atoms with E-state index in [-0.39, 0.29) is 17.1 Å². The van der Waals surface area contributed by atoms with Crippen LogP contribution in [0.1, 0.15) is 39.0 Å². The Bertz CT molecular complexity index is 477. The summed E-state index contributed by atoms with van der Waals surface area (Å²) in [5.41, 5.74) is 0.00900. The van der Waals surface area contributed by atoms with Crippen molar-refractivity contribution in [2.24, 2.45) is 29.1 Å². The number of nitrogens with zero attached hydrogens (tertiary/aromatic N) is 1. The van der Waals surface area contributed by atoms with Crippen LogP contribution in [0.5, 0.6) is 0 Å². The first-order chi connectivity index (χ1) is 9.08. The molecule has 19 heavy (non-hydrogen) atoms. The van der Waals surface area contributed by atoms with Gasteiger partial charge in [-0.25, -0.2) is 0 Å². The molecule has 3 aliphatic carbocycles. The number of hydrogen-bond acceptors (Lipinski definition) is 3. The highest BCUT2D eigenvalue weighted by atomic mass is 16.3. The highest BCUT2D eigenvalue weighted by molar-refractivity contribution is 5.90. The maximum absolute atomic E-state index is 13.0. The molecule has 3 nitrogen and oxygen atoms in total. The molecule has 1 spiro atoms. The van der Waals surface area contributed by atoms with Crippen molar-refractivity contribution in [3.8, 4) is 0 Å². The minimum atomic E-state index is -0.271. The smallest absolute Gasteiger partial charge is 0.141 e. The normalized spacial score (nSPS) is 65.5. The number of piperidine rings is 2. The van der Waals surface area contributed by atoms with Gasteiger partial charge < -0.3 is 5.11 Å². The molecule has 0 aromatic rings. The van der Waals surface area contributed by atoms with Gasteiger partial charge in [0.25, 0.3) is 0 Å². The topological polar surface area (TPSA) is 40.5 Å². The van der Waals surface area contributed by atoms with Crippen LogP contribution in [0.25, 0.3) is 0 Å². The molecule has 2 heterocycles. The van der Waals surface area contributed by atoms with E-state index in [2.05, 4.69) is 11.8 Å². The third-order valence-corrected chi connectivity index (χ3v) is 7.49. The number of Topliss-reactive ketones (excluding diaryl/α,β-unsaturated/α-hetero) is 1. The van der Waals surface area contributed by atoms with Gasteiger partial charge in [-0.15, -0.1) is 0 Å². The first-order valence-corrected chi connectivity index (χ1v) is 8.04. The fraction of sp³-hybridized carbons (Fsp3) is 0.938. The molecule has 1 N–H and O–H groups in total. The van der Waals surface area contributed by atoms with Crippen LogP contribution in [-0.2, 0) is 4.79 Å². The third kappa shape index (κ3) is 0.964. The van der Waals surface area contributed by atoms with E-state index in [4.69, 9.17) is 0 Å². The van der Waals surface area contributed by atoms with Gasteiger partial charge in [0.05, 0.1) is 11.5 Å². The van der Waals surface area contributed by atoms with Crippen molar-refractivity contribution in [1.29, 1.82) is 0 Å². The summed E-state index contributed by atoms with van der Waals surface area (Å²) in [6.07, 6.45) is 5.05. The molecule has 5 fully saturated rings. The van der Waals surface area contributed by atoms with E-state index in [1.54, 1.807) is 0 Å². The summed E-state index contributed by atoms with van der Waals surface area (Å²) >= 11 is 0. The lowest BCUT2D eigenvalue weighted by Crippen LogP contribution is -2.70. The molecule has 5 aliphatic rings. The summed E-state index contributed by atoms with van der Waals surface area (Å²) in [6.45, 7) is 4.28. The maximum atomic E-state index is 13.0. The molecular formula is C16H23NO2. The van der Waals surface area contributed by atoms with E-state index in [0.29, 0.717) is 17.6 Å². The standard InChI is InChI=1S/C16H23NO2/c1-9-2-10-3-14(19)15-6-12(18)8-17-7-11(15)4-13(10)16(15,17)5-9/h9-13,18H,2-8H2,1H3/t9-,10?,11?,12-,13?,15+,16-/m1/s1. The molecule has 3 saturated carbocycles. The van der Waals surface area contributed by atoms with Crippen molar-refractivity contribution in [3.63, 3.8) is 0 Å². The average molecular weight is 261 g/mol. The van der Waals surface area contributed by atoms with Crippen molar-refractivity contribution >= 4 is 5.78 Å². The Labute approximate surface area is 114 Å². The minimum Gasteiger partial charge on any atom is -0.392 e. The predicted octanol–water partition coefficient (Wildman–Crippen LogP) is 1.45.